The number of carbonyl (C=O) groups is 1. The van der Waals surface area contributed by atoms with Crippen LogP contribution in [0.5, 0.6) is 0 Å². The van der Waals surface area contributed by atoms with E-state index in [0.717, 1.165) is 25.1 Å². The Balaban J connectivity index is 1.90. The smallest absolute Gasteiger partial charge is 0.274 e. The van der Waals surface area contributed by atoms with Crippen LogP contribution in [0, 0.1) is 6.92 Å². The summed E-state index contributed by atoms with van der Waals surface area (Å²) in [5, 5.41) is 6.10. The number of amides is 1. The summed E-state index contributed by atoms with van der Waals surface area (Å²) in [4.78, 5) is 17.1. The Bertz CT molecular complexity index is 988. The maximum Gasteiger partial charge on any atom is 0.274 e. The molecule has 2 aromatic rings. The predicted molar refractivity (Wildman–Crippen MR) is 116 cm³/mol. The number of nitrogens with one attached hydrogen (secondary N) is 2. The van der Waals surface area contributed by atoms with E-state index < -0.39 is 15.9 Å². The normalized spacial score (nSPS) is 15.0. The minimum atomic E-state index is -3.67. The molecule has 0 bridgehead atoms. The first kappa shape index (κ1) is 22.2. The molecule has 1 saturated heterocycles. The van der Waals surface area contributed by atoms with Crippen molar-refractivity contribution >= 4 is 27.3 Å². The number of ether oxygens (including phenoxy) is 1. The summed E-state index contributed by atoms with van der Waals surface area (Å²) in [7, 11) is -3.67. The summed E-state index contributed by atoms with van der Waals surface area (Å²) in [5.74, 6) is -0.391. The first-order chi connectivity index (χ1) is 14.4. The second-order valence-electron chi connectivity index (χ2n) is 7.12. The van der Waals surface area contributed by atoms with Crippen molar-refractivity contribution in [3.8, 4) is 0 Å². The molecule has 1 fully saturated rings. The molecule has 1 aromatic heterocycles. The summed E-state index contributed by atoms with van der Waals surface area (Å²) in [6.07, 6.45) is 1.98. The van der Waals surface area contributed by atoms with Gasteiger partial charge in [-0.2, -0.15) is 4.31 Å². The number of hydrogen-bond donors (Lipinski definition) is 2. The molecule has 1 amide bonds. The number of aromatic nitrogens is 1. The molecular weight excluding hydrogens is 404 g/mol. The van der Waals surface area contributed by atoms with Gasteiger partial charge in [0.25, 0.3) is 5.91 Å². The third-order valence-corrected chi connectivity index (χ3v) is 6.71. The zero-order chi connectivity index (χ0) is 21.6. The highest BCUT2D eigenvalue weighted by molar-refractivity contribution is 7.89. The maximum absolute atomic E-state index is 13.0. The number of morpholine rings is 1. The lowest BCUT2D eigenvalue weighted by Gasteiger charge is -2.26. The van der Waals surface area contributed by atoms with E-state index in [9.17, 15) is 13.2 Å². The van der Waals surface area contributed by atoms with Gasteiger partial charge in [0.2, 0.25) is 10.0 Å². The second-order valence-corrected chi connectivity index (χ2v) is 9.06. The number of carbonyl (C=O) groups excluding carboxylic acids is 1. The summed E-state index contributed by atoms with van der Waals surface area (Å²) in [6, 6.07) is 9.97. The van der Waals surface area contributed by atoms with Gasteiger partial charge in [0.05, 0.1) is 29.5 Å². The molecule has 9 heteroatoms. The lowest BCUT2D eigenvalue weighted by Crippen LogP contribution is -2.40. The van der Waals surface area contributed by atoms with Crippen molar-refractivity contribution < 1.29 is 17.9 Å². The molecule has 1 aromatic carbocycles. The van der Waals surface area contributed by atoms with Gasteiger partial charge < -0.3 is 15.4 Å². The average molecular weight is 433 g/mol. The molecule has 30 heavy (non-hydrogen) atoms. The van der Waals surface area contributed by atoms with Crippen LogP contribution < -0.4 is 10.6 Å². The topological polar surface area (TPSA) is 101 Å². The van der Waals surface area contributed by atoms with Crippen LogP contribution in [0.1, 0.15) is 35.9 Å². The van der Waals surface area contributed by atoms with Crippen molar-refractivity contribution in [3.63, 3.8) is 0 Å². The molecule has 2 N–H and O–H groups in total. The van der Waals surface area contributed by atoms with E-state index in [1.807, 2.05) is 13.0 Å². The molecule has 0 aliphatic carbocycles. The number of aryl methyl sites for hydroxylation is 1. The highest BCUT2D eigenvalue weighted by atomic mass is 32.2. The number of hydrogen-bond acceptors (Lipinski definition) is 6. The quantitative estimate of drug-likeness (QED) is 0.622. The summed E-state index contributed by atoms with van der Waals surface area (Å²) in [6.45, 7) is 5.99. The van der Waals surface area contributed by atoms with Gasteiger partial charge in [-0.3, -0.25) is 4.79 Å². The fourth-order valence-electron chi connectivity index (χ4n) is 3.13. The van der Waals surface area contributed by atoms with Crippen molar-refractivity contribution in [2.45, 2.75) is 31.6 Å². The van der Waals surface area contributed by atoms with Crippen LogP contribution in [-0.4, -0.2) is 56.5 Å². The SMILES string of the molecule is CCCCNc1ccc(S(=O)(=O)N2CCOCC2)cc1NC(=O)c1cccc(C)n1. The maximum atomic E-state index is 13.0. The Kier molecular flexibility index (Phi) is 7.41. The highest BCUT2D eigenvalue weighted by Crippen LogP contribution is 2.28. The summed E-state index contributed by atoms with van der Waals surface area (Å²) < 4.78 is 32.7. The Morgan fingerprint density at radius 3 is 2.63 bits per heavy atom. The zero-order valence-electron chi connectivity index (χ0n) is 17.3. The number of benzene rings is 1. The average Bonchev–Trinajstić information content (AvgIpc) is 2.75. The standard InChI is InChI=1S/C21H28N4O4S/c1-3-4-10-22-18-9-8-17(30(27,28)25-11-13-29-14-12-25)15-20(18)24-21(26)19-7-5-6-16(2)23-19/h5-9,15,22H,3-4,10-14H2,1-2H3,(H,24,26). The molecule has 2 heterocycles. The number of anilines is 2. The third-order valence-electron chi connectivity index (χ3n) is 4.81. The van der Waals surface area contributed by atoms with Gasteiger partial charge in [-0.1, -0.05) is 19.4 Å². The number of pyridine rings is 1. The highest BCUT2D eigenvalue weighted by Gasteiger charge is 2.27. The Labute approximate surface area is 177 Å². The molecule has 1 aliphatic rings. The lowest BCUT2D eigenvalue weighted by molar-refractivity contribution is 0.0730. The molecule has 0 spiro atoms. The lowest BCUT2D eigenvalue weighted by atomic mass is 10.2. The van der Waals surface area contributed by atoms with E-state index in [4.69, 9.17) is 4.74 Å². The van der Waals surface area contributed by atoms with E-state index in [2.05, 4.69) is 22.5 Å². The third kappa shape index (κ3) is 5.35. The van der Waals surface area contributed by atoms with Gasteiger partial charge in [-0.25, -0.2) is 13.4 Å². The Hall–Kier alpha value is -2.49. The first-order valence-electron chi connectivity index (χ1n) is 10.1. The first-order valence-corrected chi connectivity index (χ1v) is 11.6. The molecule has 0 atom stereocenters. The van der Waals surface area contributed by atoms with E-state index in [-0.39, 0.29) is 10.6 Å². The number of rotatable bonds is 8. The molecule has 3 rings (SSSR count). The van der Waals surface area contributed by atoms with E-state index in [0.29, 0.717) is 37.7 Å². The largest absolute Gasteiger partial charge is 0.383 e. The van der Waals surface area contributed by atoms with Crippen LogP contribution in [-0.2, 0) is 14.8 Å². The summed E-state index contributed by atoms with van der Waals surface area (Å²) in [5.41, 5.74) is 2.09. The van der Waals surface area contributed by atoms with Gasteiger partial charge in [0.15, 0.2) is 0 Å². The molecule has 0 unspecified atom stereocenters. The van der Waals surface area contributed by atoms with E-state index in [1.54, 1.807) is 24.3 Å². The van der Waals surface area contributed by atoms with Crippen LogP contribution in [0.15, 0.2) is 41.3 Å². The van der Waals surface area contributed by atoms with Crippen LogP contribution in [0.25, 0.3) is 0 Å². The van der Waals surface area contributed by atoms with Gasteiger partial charge in [-0.15, -0.1) is 0 Å². The number of nitrogens with zero attached hydrogens (tertiary/aromatic N) is 2. The Morgan fingerprint density at radius 2 is 1.93 bits per heavy atom. The monoisotopic (exact) mass is 432 g/mol. The van der Waals surface area contributed by atoms with Gasteiger partial charge in [0, 0.05) is 25.3 Å². The molecule has 162 valence electrons. The Morgan fingerprint density at radius 1 is 1.17 bits per heavy atom. The van der Waals surface area contributed by atoms with Crippen molar-refractivity contribution in [2.75, 3.05) is 43.5 Å². The minimum Gasteiger partial charge on any atom is -0.383 e. The molecule has 0 radical (unpaired) electrons. The van der Waals surface area contributed by atoms with Crippen LogP contribution in [0.3, 0.4) is 0 Å². The number of unbranched alkanes of at least 4 members (excludes halogenated alkanes) is 1. The van der Waals surface area contributed by atoms with Crippen molar-refractivity contribution in [1.82, 2.24) is 9.29 Å². The molecule has 0 saturated carbocycles. The van der Waals surface area contributed by atoms with Crippen LogP contribution in [0.2, 0.25) is 0 Å². The van der Waals surface area contributed by atoms with Crippen molar-refractivity contribution in [3.05, 3.63) is 47.8 Å². The van der Waals surface area contributed by atoms with E-state index >= 15 is 0 Å². The second kappa shape index (κ2) is 10.0. The van der Waals surface area contributed by atoms with Crippen molar-refractivity contribution in [1.29, 1.82) is 0 Å². The minimum absolute atomic E-state index is 0.137. The van der Waals surface area contributed by atoms with Gasteiger partial charge in [-0.05, 0) is 43.7 Å². The van der Waals surface area contributed by atoms with Crippen LogP contribution in [0.4, 0.5) is 11.4 Å². The van der Waals surface area contributed by atoms with Crippen LogP contribution >= 0.6 is 0 Å². The zero-order valence-corrected chi connectivity index (χ0v) is 18.2. The molecule has 1 aliphatic heterocycles. The van der Waals surface area contributed by atoms with Gasteiger partial charge in [0.1, 0.15) is 5.69 Å². The van der Waals surface area contributed by atoms with Crippen molar-refractivity contribution in [2.24, 2.45) is 0 Å². The van der Waals surface area contributed by atoms with Gasteiger partial charge >= 0.3 is 0 Å². The molecular formula is C21H28N4O4S. The molecule has 8 nitrogen and oxygen atoms in total. The fraction of sp³-hybridized carbons (Fsp3) is 0.429. The number of sulfonamides is 1. The van der Waals surface area contributed by atoms with E-state index in [1.165, 1.54) is 10.4 Å². The summed E-state index contributed by atoms with van der Waals surface area (Å²) >= 11 is 0. The fourth-order valence-corrected chi connectivity index (χ4v) is 4.57. The predicted octanol–water partition coefficient (Wildman–Crippen LogP) is 2.88.